The van der Waals surface area contributed by atoms with Crippen LogP contribution in [0.3, 0.4) is 0 Å². The number of aromatic nitrogens is 3. The van der Waals surface area contributed by atoms with Crippen molar-refractivity contribution in [1.82, 2.24) is 20.5 Å². The molecule has 2 N–H and O–H groups in total. The van der Waals surface area contributed by atoms with E-state index in [1.54, 1.807) is 0 Å². The molecular formula is C21H18N4O2S. The minimum atomic E-state index is -0.432. The van der Waals surface area contributed by atoms with Gasteiger partial charge in [-0.05, 0) is 36.2 Å². The van der Waals surface area contributed by atoms with E-state index in [1.165, 1.54) is 11.8 Å². The Balaban J connectivity index is 1.42. The topological polar surface area (TPSA) is 83.8 Å². The molecule has 5 rings (SSSR count). The van der Waals surface area contributed by atoms with E-state index in [1.807, 2.05) is 60.8 Å². The van der Waals surface area contributed by atoms with Crippen molar-refractivity contribution in [2.75, 3.05) is 0 Å². The minimum Gasteiger partial charge on any atom is -0.411 e. The highest BCUT2D eigenvalue weighted by Gasteiger charge is 2.30. The third-order valence-corrected chi connectivity index (χ3v) is 5.80. The first-order valence-electron chi connectivity index (χ1n) is 9.20. The molecule has 1 saturated carbocycles. The summed E-state index contributed by atoms with van der Waals surface area (Å²) in [7, 11) is 0. The Morgan fingerprint density at radius 3 is 2.71 bits per heavy atom. The number of rotatable bonds is 6. The molecule has 6 nitrogen and oxygen atoms in total. The molecule has 1 aliphatic carbocycles. The van der Waals surface area contributed by atoms with E-state index < -0.39 is 5.25 Å². The van der Waals surface area contributed by atoms with Gasteiger partial charge in [0.2, 0.25) is 5.91 Å². The molecule has 0 saturated heterocycles. The van der Waals surface area contributed by atoms with Crippen LogP contribution in [0.25, 0.3) is 22.4 Å². The Morgan fingerprint density at radius 1 is 1.11 bits per heavy atom. The standard InChI is InChI=1S/C21H18N4O2S/c26-19(23-14-10-11-14)18(13-6-2-1-3-7-13)28-21-25-24-20(27-21)16-12-22-17-9-5-4-8-15(16)17/h1-9,12,14,18,22H,10-11H2,(H,23,26). The molecule has 7 heteroatoms. The van der Waals surface area contributed by atoms with Gasteiger partial charge in [0.25, 0.3) is 11.1 Å². The van der Waals surface area contributed by atoms with E-state index in [-0.39, 0.29) is 5.91 Å². The van der Waals surface area contributed by atoms with Crippen molar-refractivity contribution < 1.29 is 9.21 Å². The van der Waals surface area contributed by atoms with Crippen LogP contribution in [-0.2, 0) is 4.79 Å². The summed E-state index contributed by atoms with van der Waals surface area (Å²) in [4.78, 5) is 16.0. The maximum Gasteiger partial charge on any atom is 0.277 e. The van der Waals surface area contributed by atoms with Crippen molar-refractivity contribution in [2.24, 2.45) is 0 Å². The molecule has 0 bridgehead atoms. The maximum absolute atomic E-state index is 12.8. The summed E-state index contributed by atoms with van der Waals surface area (Å²) in [6.45, 7) is 0. The molecule has 0 spiro atoms. The number of nitrogens with one attached hydrogen (secondary N) is 2. The Labute approximate surface area is 165 Å². The maximum atomic E-state index is 12.8. The van der Waals surface area contributed by atoms with Gasteiger partial charge >= 0.3 is 0 Å². The van der Waals surface area contributed by atoms with Gasteiger partial charge in [0.1, 0.15) is 5.25 Å². The van der Waals surface area contributed by atoms with Crippen LogP contribution in [0.4, 0.5) is 0 Å². The quantitative estimate of drug-likeness (QED) is 0.479. The minimum absolute atomic E-state index is 0.0226. The highest BCUT2D eigenvalue weighted by atomic mass is 32.2. The molecule has 140 valence electrons. The molecule has 0 aliphatic heterocycles. The van der Waals surface area contributed by atoms with Crippen molar-refractivity contribution in [1.29, 1.82) is 0 Å². The van der Waals surface area contributed by atoms with Crippen molar-refractivity contribution in [3.8, 4) is 11.5 Å². The number of H-pyrrole nitrogens is 1. The van der Waals surface area contributed by atoms with Gasteiger partial charge in [-0.15, -0.1) is 10.2 Å². The molecule has 2 heterocycles. The summed E-state index contributed by atoms with van der Waals surface area (Å²) >= 11 is 1.28. The monoisotopic (exact) mass is 390 g/mol. The van der Waals surface area contributed by atoms with Gasteiger partial charge in [0, 0.05) is 23.1 Å². The summed E-state index contributed by atoms with van der Waals surface area (Å²) in [5.41, 5.74) is 2.78. The van der Waals surface area contributed by atoms with Crippen LogP contribution in [0, 0.1) is 0 Å². The Bertz CT molecular complexity index is 1120. The number of hydrogen-bond acceptors (Lipinski definition) is 5. The van der Waals surface area contributed by atoms with Gasteiger partial charge in [0.15, 0.2) is 0 Å². The Kier molecular flexibility index (Phi) is 4.37. The first kappa shape index (κ1) is 17.1. The van der Waals surface area contributed by atoms with Crippen molar-refractivity contribution >= 4 is 28.6 Å². The summed E-state index contributed by atoms with van der Waals surface area (Å²) in [5, 5.41) is 12.4. The van der Waals surface area contributed by atoms with Crippen LogP contribution in [0.2, 0.25) is 0 Å². The second-order valence-electron chi connectivity index (χ2n) is 6.81. The molecule has 1 amide bonds. The fourth-order valence-corrected chi connectivity index (χ4v) is 4.01. The van der Waals surface area contributed by atoms with Gasteiger partial charge in [0.05, 0.1) is 5.56 Å². The SMILES string of the molecule is O=C(NC1CC1)C(Sc1nnc(-c2c[nH]c3ccccc23)o1)c1ccccc1. The lowest BCUT2D eigenvalue weighted by atomic mass is 10.1. The van der Waals surface area contributed by atoms with Crippen molar-refractivity contribution in [3.63, 3.8) is 0 Å². The second kappa shape index (κ2) is 7.16. The number of benzene rings is 2. The number of hydrogen-bond donors (Lipinski definition) is 2. The molecule has 28 heavy (non-hydrogen) atoms. The lowest BCUT2D eigenvalue weighted by Gasteiger charge is -2.14. The fraction of sp³-hybridized carbons (Fsp3) is 0.190. The predicted molar refractivity (Wildman–Crippen MR) is 108 cm³/mol. The van der Waals surface area contributed by atoms with Crippen LogP contribution in [0.5, 0.6) is 0 Å². The first-order chi connectivity index (χ1) is 13.8. The number of aromatic amines is 1. The average Bonchev–Trinajstić information content (AvgIpc) is 3.25. The van der Waals surface area contributed by atoms with Crippen LogP contribution >= 0.6 is 11.8 Å². The second-order valence-corrected chi connectivity index (χ2v) is 7.87. The van der Waals surface area contributed by atoms with E-state index in [0.29, 0.717) is 17.2 Å². The summed E-state index contributed by atoms with van der Waals surface area (Å²) < 4.78 is 5.90. The van der Waals surface area contributed by atoms with Crippen molar-refractivity contribution in [2.45, 2.75) is 29.4 Å². The number of para-hydroxylation sites is 1. The Morgan fingerprint density at radius 2 is 1.89 bits per heavy atom. The van der Waals surface area contributed by atoms with E-state index in [0.717, 1.165) is 34.9 Å². The molecular weight excluding hydrogens is 372 g/mol. The number of amides is 1. The highest BCUT2D eigenvalue weighted by molar-refractivity contribution is 8.00. The normalized spacial score (nSPS) is 14.9. The smallest absolute Gasteiger partial charge is 0.277 e. The highest BCUT2D eigenvalue weighted by Crippen LogP contribution is 2.37. The number of carbonyl (C=O) groups is 1. The molecule has 1 aliphatic rings. The van der Waals surface area contributed by atoms with Gasteiger partial charge in [-0.25, -0.2) is 0 Å². The summed E-state index contributed by atoms with van der Waals surface area (Å²) in [6.07, 6.45) is 3.95. The van der Waals surface area contributed by atoms with Crippen molar-refractivity contribution in [3.05, 3.63) is 66.4 Å². The fourth-order valence-electron chi connectivity index (χ4n) is 3.12. The van der Waals surface area contributed by atoms with Crippen LogP contribution in [0.1, 0.15) is 23.7 Å². The molecule has 2 aromatic carbocycles. The summed E-state index contributed by atoms with van der Waals surface area (Å²) in [6, 6.07) is 17.9. The van der Waals surface area contributed by atoms with E-state index >= 15 is 0 Å². The van der Waals surface area contributed by atoms with E-state index in [9.17, 15) is 4.79 Å². The number of carbonyl (C=O) groups excluding carboxylic acids is 1. The number of thioether (sulfide) groups is 1. The molecule has 0 radical (unpaired) electrons. The third kappa shape index (κ3) is 3.41. The van der Waals surface area contributed by atoms with Gasteiger partial charge in [-0.1, -0.05) is 48.5 Å². The largest absolute Gasteiger partial charge is 0.411 e. The predicted octanol–water partition coefficient (Wildman–Crippen LogP) is 4.33. The third-order valence-electron chi connectivity index (χ3n) is 4.71. The average molecular weight is 390 g/mol. The van der Waals surface area contributed by atoms with Crippen LogP contribution in [-0.4, -0.2) is 27.1 Å². The molecule has 1 unspecified atom stereocenters. The Hall–Kier alpha value is -3.06. The lowest BCUT2D eigenvalue weighted by Crippen LogP contribution is -2.29. The zero-order valence-corrected chi connectivity index (χ0v) is 15.8. The molecule has 1 fully saturated rings. The lowest BCUT2D eigenvalue weighted by molar-refractivity contribution is -0.120. The van der Waals surface area contributed by atoms with Crippen LogP contribution in [0.15, 0.2) is 70.4 Å². The van der Waals surface area contributed by atoms with Crippen LogP contribution < -0.4 is 5.32 Å². The van der Waals surface area contributed by atoms with E-state index in [4.69, 9.17) is 4.42 Å². The van der Waals surface area contributed by atoms with Gasteiger partial charge in [-0.3, -0.25) is 4.79 Å². The summed E-state index contributed by atoms with van der Waals surface area (Å²) in [5.74, 6) is 0.417. The van der Waals surface area contributed by atoms with Gasteiger partial charge < -0.3 is 14.7 Å². The van der Waals surface area contributed by atoms with Gasteiger partial charge in [-0.2, -0.15) is 0 Å². The zero-order chi connectivity index (χ0) is 18.9. The van der Waals surface area contributed by atoms with E-state index in [2.05, 4.69) is 20.5 Å². The number of nitrogens with zero attached hydrogens (tertiary/aromatic N) is 2. The first-order valence-corrected chi connectivity index (χ1v) is 10.1. The molecule has 2 aromatic heterocycles. The zero-order valence-electron chi connectivity index (χ0n) is 15.0. The number of fused-ring (bicyclic) bond motifs is 1. The molecule has 1 atom stereocenters. The molecule has 4 aromatic rings.